The van der Waals surface area contributed by atoms with Gasteiger partial charge in [0.2, 0.25) is 5.91 Å². The zero-order valence-corrected chi connectivity index (χ0v) is 13.0. The van der Waals surface area contributed by atoms with Gasteiger partial charge in [-0.1, -0.05) is 13.8 Å². The fraction of sp³-hybridized carbons (Fsp3) is 0.500. The van der Waals surface area contributed by atoms with E-state index in [1.807, 2.05) is 26.8 Å². The van der Waals surface area contributed by atoms with Gasteiger partial charge < -0.3 is 5.32 Å². The van der Waals surface area contributed by atoms with Crippen LogP contribution < -0.4 is 10.9 Å². The lowest BCUT2D eigenvalue weighted by Gasteiger charge is -2.11. The second kappa shape index (κ2) is 5.75. The third kappa shape index (κ3) is 3.07. The van der Waals surface area contributed by atoms with Crippen molar-refractivity contribution in [1.29, 1.82) is 0 Å². The van der Waals surface area contributed by atoms with Crippen LogP contribution in [0.1, 0.15) is 24.5 Å². The van der Waals surface area contributed by atoms with Crippen molar-refractivity contribution in [3.63, 3.8) is 0 Å². The van der Waals surface area contributed by atoms with Crippen LogP contribution in [0, 0.1) is 19.8 Å². The molecule has 0 aromatic carbocycles. The van der Waals surface area contributed by atoms with Crippen molar-refractivity contribution in [3.8, 4) is 0 Å². The van der Waals surface area contributed by atoms with E-state index in [1.54, 1.807) is 6.92 Å². The first-order valence-electron chi connectivity index (χ1n) is 6.62. The van der Waals surface area contributed by atoms with Crippen LogP contribution in [0.25, 0.3) is 10.2 Å². The predicted molar refractivity (Wildman–Crippen MR) is 81.2 cm³/mol. The summed E-state index contributed by atoms with van der Waals surface area (Å²) in [6.07, 6.45) is 0. The first-order chi connectivity index (χ1) is 9.38. The molecule has 2 aromatic heterocycles. The number of nitrogens with one attached hydrogen (secondary N) is 1. The Morgan fingerprint density at radius 2 is 2.15 bits per heavy atom. The van der Waals surface area contributed by atoms with Gasteiger partial charge in [-0.05, 0) is 25.8 Å². The summed E-state index contributed by atoms with van der Waals surface area (Å²) in [5.74, 6) is 0.804. The number of aromatic nitrogens is 2. The van der Waals surface area contributed by atoms with Crippen LogP contribution in [0.2, 0.25) is 0 Å². The minimum absolute atomic E-state index is 0.0230. The number of rotatable bonds is 4. The molecule has 1 amide bonds. The molecule has 0 atom stereocenters. The normalized spacial score (nSPS) is 11.2. The highest BCUT2D eigenvalue weighted by Gasteiger charge is 2.13. The molecule has 0 spiro atoms. The van der Waals surface area contributed by atoms with Gasteiger partial charge in [0.05, 0.1) is 5.39 Å². The zero-order chi connectivity index (χ0) is 14.9. The van der Waals surface area contributed by atoms with Gasteiger partial charge in [0.15, 0.2) is 0 Å². The minimum atomic E-state index is -0.156. The summed E-state index contributed by atoms with van der Waals surface area (Å²) in [7, 11) is 0. The highest BCUT2D eigenvalue weighted by Crippen LogP contribution is 2.20. The highest BCUT2D eigenvalue weighted by atomic mass is 32.1. The molecule has 0 aliphatic heterocycles. The first kappa shape index (κ1) is 14.7. The van der Waals surface area contributed by atoms with Crippen molar-refractivity contribution in [1.82, 2.24) is 14.9 Å². The maximum Gasteiger partial charge on any atom is 0.262 e. The highest BCUT2D eigenvalue weighted by molar-refractivity contribution is 7.18. The molecule has 0 radical (unpaired) electrons. The number of thiophene rings is 1. The minimum Gasteiger partial charge on any atom is -0.354 e. The van der Waals surface area contributed by atoms with E-state index in [0.29, 0.717) is 23.7 Å². The number of nitrogens with zero attached hydrogens (tertiary/aromatic N) is 2. The molecule has 0 bridgehead atoms. The van der Waals surface area contributed by atoms with Crippen LogP contribution in [0.5, 0.6) is 0 Å². The Hall–Kier alpha value is -1.69. The lowest BCUT2D eigenvalue weighted by atomic mass is 10.2. The number of aryl methyl sites for hydroxylation is 2. The average molecular weight is 293 g/mol. The Balaban J connectivity index is 2.30. The van der Waals surface area contributed by atoms with Gasteiger partial charge in [0.25, 0.3) is 5.56 Å². The number of amides is 1. The van der Waals surface area contributed by atoms with Crippen molar-refractivity contribution in [2.75, 3.05) is 6.54 Å². The molecule has 5 nitrogen and oxygen atoms in total. The van der Waals surface area contributed by atoms with Crippen molar-refractivity contribution >= 4 is 27.5 Å². The summed E-state index contributed by atoms with van der Waals surface area (Å²) >= 11 is 1.50. The lowest BCUT2D eigenvalue weighted by Crippen LogP contribution is -2.35. The second-order valence-electron chi connectivity index (χ2n) is 5.32. The first-order valence-corrected chi connectivity index (χ1v) is 7.44. The van der Waals surface area contributed by atoms with E-state index < -0.39 is 0 Å². The number of fused-ring (bicyclic) bond motifs is 1. The molecule has 6 heteroatoms. The van der Waals surface area contributed by atoms with Gasteiger partial charge in [0, 0.05) is 11.4 Å². The Morgan fingerprint density at radius 1 is 1.45 bits per heavy atom. The fourth-order valence-electron chi connectivity index (χ4n) is 1.94. The van der Waals surface area contributed by atoms with Crippen LogP contribution in [0.4, 0.5) is 0 Å². The lowest BCUT2D eigenvalue weighted by molar-refractivity contribution is -0.121. The molecule has 20 heavy (non-hydrogen) atoms. The summed E-state index contributed by atoms with van der Waals surface area (Å²) < 4.78 is 1.43. The van der Waals surface area contributed by atoms with E-state index in [9.17, 15) is 9.59 Å². The van der Waals surface area contributed by atoms with Crippen molar-refractivity contribution in [2.24, 2.45) is 5.92 Å². The van der Waals surface area contributed by atoms with Crippen LogP contribution in [-0.4, -0.2) is 22.0 Å². The molecule has 0 aliphatic rings. The summed E-state index contributed by atoms with van der Waals surface area (Å²) in [4.78, 5) is 30.4. The largest absolute Gasteiger partial charge is 0.354 e. The molecule has 2 rings (SSSR count). The van der Waals surface area contributed by atoms with E-state index in [0.717, 1.165) is 9.71 Å². The van der Waals surface area contributed by atoms with Gasteiger partial charge in [0.1, 0.15) is 17.2 Å². The maximum atomic E-state index is 12.4. The van der Waals surface area contributed by atoms with Gasteiger partial charge in [-0.15, -0.1) is 11.3 Å². The number of hydrogen-bond acceptors (Lipinski definition) is 4. The van der Waals surface area contributed by atoms with Crippen LogP contribution in [0.15, 0.2) is 10.9 Å². The van der Waals surface area contributed by atoms with E-state index in [4.69, 9.17) is 0 Å². The third-order valence-corrected chi connectivity index (χ3v) is 3.92. The Morgan fingerprint density at radius 3 is 2.80 bits per heavy atom. The molecule has 0 saturated carbocycles. The van der Waals surface area contributed by atoms with Crippen LogP contribution in [0.3, 0.4) is 0 Å². The number of hydrogen-bond donors (Lipinski definition) is 1. The topological polar surface area (TPSA) is 64.0 Å². The Kier molecular flexibility index (Phi) is 4.23. The Labute approximate surface area is 121 Å². The summed E-state index contributed by atoms with van der Waals surface area (Å²) in [6.45, 7) is 8.39. The van der Waals surface area contributed by atoms with E-state index >= 15 is 0 Å². The fourth-order valence-corrected chi connectivity index (χ4v) is 2.86. The van der Waals surface area contributed by atoms with Gasteiger partial charge in [-0.3, -0.25) is 14.2 Å². The monoisotopic (exact) mass is 293 g/mol. The SMILES string of the molecule is Cc1cc2c(=O)n(CC(=O)NCC(C)C)c(C)nc2s1. The number of carbonyl (C=O) groups is 1. The molecule has 0 aliphatic carbocycles. The Bertz CT molecular complexity index is 700. The third-order valence-electron chi connectivity index (χ3n) is 2.97. The molecule has 1 N–H and O–H groups in total. The molecule has 0 unspecified atom stereocenters. The smallest absolute Gasteiger partial charge is 0.262 e. The van der Waals surface area contributed by atoms with Gasteiger partial charge in [-0.2, -0.15) is 0 Å². The summed E-state index contributed by atoms with van der Waals surface area (Å²) in [5, 5.41) is 3.41. The molecular formula is C14H19N3O2S. The summed E-state index contributed by atoms with van der Waals surface area (Å²) in [5.41, 5.74) is -0.142. The van der Waals surface area contributed by atoms with Crippen LogP contribution >= 0.6 is 11.3 Å². The predicted octanol–water partition coefficient (Wildman–Crippen LogP) is 1.85. The van der Waals surface area contributed by atoms with E-state index in [2.05, 4.69) is 10.3 Å². The second-order valence-corrected chi connectivity index (χ2v) is 6.56. The summed E-state index contributed by atoms with van der Waals surface area (Å²) in [6, 6.07) is 1.83. The number of carbonyl (C=O) groups excluding carboxylic acids is 1. The van der Waals surface area contributed by atoms with Crippen molar-refractivity contribution < 1.29 is 4.79 Å². The molecule has 2 heterocycles. The average Bonchev–Trinajstić information content (AvgIpc) is 2.72. The molecule has 0 saturated heterocycles. The van der Waals surface area contributed by atoms with Crippen molar-refractivity contribution in [3.05, 3.63) is 27.1 Å². The quantitative estimate of drug-likeness (QED) is 0.935. The van der Waals surface area contributed by atoms with Gasteiger partial charge >= 0.3 is 0 Å². The maximum absolute atomic E-state index is 12.4. The molecule has 0 fully saturated rings. The molecule has 2 aromatic rings. The zero-order valence-electron chi connectivity index (χ0n) is 12.2. The molecular weight excluding hydrogens is 274 g/mol. The standard InChI is InChI=1S/C14H19N3O2S/c1-8(2)6-15-12(18)7-17-10(4)16-13-11(14(17)19)5-9(3)20-13/h5,8H,6-7H2,1-4H3,(H,15,18). The molecule has 108 valence electrons. The van der Waals surface area contributed by atoms with E-state index in [-0.39, 0.29) is 18.0 Å². The van der Waals surface area contributed by atoms with Gasteiger partial charge in [-0.25, -0.2) is 4.98 Å². The van der Waals surface area contributed by atoms with E-state index in [1.165, 1.54) is 15.9 Å². The van der Waals surface area contributed by atoms with Crippen molar-refractivity contribution in [2.45, 2.75) is 34.2 Å². The van der Waals surface area contributed by atoms with Crippen LogP contribution in [-0.2, 0) is 11.3 Å².